The summed E-state index contributed by atoms with van der Waals surface area (Å²) in [4.78, 5) is 13.2. The number of amides is 1. The van der Waals surface area contributed by atoms with Gasteiger partial charge in [-0.25, -0.2) is 8.42 Å². The van der Waals surface area contributed by atoms with E-state index in [-0.39, 0.29) is 27.3 Å². The number of sulfonamides is 1. The number of nitrogens with one attached hydrogen (secondary N) is 2. The number of rotatable bonds is 5. The molecule has 0 aromatic heterocycles. The molecule has 1 aromatic rings. The van der Waals surface area contributed by atoms with Crippen LogP contribution in [-0.2, 0) is 14.8 Å². The van der Waals surface area contributed by atoms with Gasteiger partial charge < -0.3 is 0 Å². The Morgan fingerprint density at radius 1 is 1.21 bits per heavy atom. The minimum Gasteiger partial charge on any atom is -0.278 e. The molecule has 19 heavy (non-hydrogen) atoms. The summed E-state index contributed by atoms with van der Waals surface area (Å²) < 4.78 is 23.8. The van der Waals surface area contributed by atoms with Crippen molar-refractivity contribution in [2.45, 2.75) is 25.2 Å². The predicted molar refractivity (Wildman–Crippen MR) is 74.4 cm³/mol. The summed E-state index contributed by atoms with van der Waals surface area (Å²) in [6.45, 7) is 3.70. The first-order valence-electron chi connectivity index (χ1n) is 5.47. The molecule has 0 spiro atoms. The largest absolute Gasteiger partial charge is 0.278 e. The molecule has 1 amide bonds. The van der Waals surface area contributed by atoms with E-state index in [0.717, 1.165) is 0 Å². The third kappa shape index (κ3) is 5.36. The van der Waals surface area contributed by atoms with Gasteiger partial charge in [0.1, 0.15) is 0 Å². The van der Waals surface area contributed by atoms with Crippen molar-refractivity contribution in [3.63, 3.8) is 0 Å². The molecule has 0 heterocycles. The molecule has 0 atom stereocenters. The zero-order chi connectivity index (χ0) is 14.6. The number of carbonyl (C=O) groups excluding carboxylic acids is 1. The van der Waals surface area contributed by atoms with Crippen LogP contribution in [0.3, 0.4) is 0 Å². The van der Waals surface area contributed by atoms with Gasteiger partial charge in [0.25, 0.3) is 10.0 Å². The van der Waals surface area contributed by atoms with E-state index in [9.17, 15) is 13.2 Å². The first-order chi connectivity index (χ1) is 8.70. The smallest absolute Gasteiger partial charge is 0.257 e. The molecule has 1 aromatic carbocycles. The van der Waals surface area contributed by atoms with Crippen LogP contribution in [0.25, 0.3) is 0 Å². The first kappa shape index (κ1) is 16.2. The highest BCUT2D eigenvalue weighted by atomic mass is 35.5. The van der Waals surface area contributed by atoms with E-state index in [1.165, 1.54) is 18.2 Å². The van der Waals surface area contributed by atoms with Crippen molar-refractivity contribution in [3.8, 4) is 0 Å². The minimum absolute atomic E-state index is 0.116. The summed E-state index contributed by atoms with van der Waals surface area (Å²) in [5.74, 6) is -0.281. The van der Waals surface area contributed by atoms with Gasteiger partial charge in [0.2, 0.25) is 5.91 Å². The second-order valence-corrected chi connectivity index (χ2v) is 6.91. The highest BCUT2D eigenvalue weighted by molar-refractivity contribution is 7.89. The number of carbonyl (C=O) groups is 1. The Kier molecular flexibility index (Phi) is 5.61. The standard InChI is InChI=1S/C11H14Cl2N2O3S/c1-7(2)3-11(16)14-15-19(17,18)10-5-8(12)4-9(13)6-10/h4-7,15H,3H2,1-2H3,(H,14,16). The maximum absolute atomic E-state index is 11.9. The third-order valence-corrected chi connectivity index (χ3v) is 3.73. The molecule has 0 aliphatic heterocycles. The van der Waals surface area contributed by atoms with E-state index in [1.807, 2.05) is 18.7 Å². The Hall–Kier alpha value is -0.820. The fourth-order valence-corrected chi connectivity index (χ4v) is 2.87. The molecule has 0 bridgehead atoms. The van der Waals surface area contributed by atoms with Crippen LogP contribution in [0.5, 0.6) is 0 Å². The number of hydrogen-bond donors (Lipinski definition) is 2. The van der Waals surface area contributed by atoms with Crippen molar-refractivity contribution in [1.82, 2.24) is 10.3 Å². The third-order valence-electron chi connectivity index (χ3n) is 2.06. The molecule has 0 fully saturated rings. The molecule has 0 radical (unpaired) electrons. The monoisotopic (exact) mass is 324 g/mol. The second kappa shape index (κ2) is 6.56. The molecule has 0 aliphatic rings. The number of hydrogen-bond acceptors (Lipinski definition) is 3. The number of benzene rings is 1. The zero-order valence-electron chi connectivity index (χ0n) is 10.4. The normalized spacial score (nSPS) is 11.6. The minimum atomic E-state index is -3.89. The number of halogens is 2. The Balaban J connectivity index is 2.79. The SMILES string of the molecule is CC(C)CC(=O)NNS(=O)(=O)c1cc(Cl)cc(Cl)c1. The van der Waals surface area contributed by atoms with Gasteiger partial charge in [-0.2, -0.15) is 0 Å². The molecule has 0 saturated carbocycles. The van der Waals surface area contributed by atoms with E-state index in [0.29, 0.717) is 0 Å². The molecular formula is C11H14Cl2N2O3S. The lowest BCUT2D eigenvalue weighted by Crippen LogP contribution is -2.41. The van der Waals surface area contributed by atoms with E-state index in [2.05, 4.69) is 5.43 Å². The summed E-state index contributed by atoms with van der Waals surface area (Å²) in [6, 6.07) is 3.90. The Labute approximate surface area is 122 Å². The lowest BCUT2D eigenvalue weighted by atomic mass is 10.1. The lowest BCUT2D eigenvalue weighted by Gasteiger charge is -2.10. The van der Waals surface area contributed by atoms with E-state index >= 15 is 0 Å². The molecule has 1 rings (SSSR count). The van der Waals surface area contributed by atoms with Gasteiger partial charge >= 0.3 is 0 Å². The molecule has 0 aliphatic carbocycles. The number of hydrazine groups is 1. The Bertz CT molecular complexity index is 553. The summed E-state index contributed by atoms with van der Waals surface area (Å²) in [5, 5.41) is 0.391. The molecule has 106 valence electrons. The summed E-state index contributed by atoms with van der Waals surface area (Å²) in [6.07, 6.45) is 0.221. The fraction of sp³-hybridized carbons (Fsp3) is 0.364. The first-order valence-corrected chi connectivity index (χ1v) is 7.71. The highest BCUT2D eigenvalue weighted by Crippen LogP contribution is 2.21. The fourth-order valence-electron chi connectivity index (χ4n) is 1.29. The summed E-state index contributed by atoms with van der Waals surface area (Å²) in [7, 11) is -3.89. The van der Waals surface area contributed by atoms with Crippen LogP contribution < -0.4 is 10.3 Å². The maximum Gasteiger partial charge on any atom is 0.257 e. The van der Waals surface area contributed by atoms with E-state index < -0.39 is 15.9 Å². The zero-order valence-corrected chi connectivity index (χ0v) is 12.7. The van der Waals surface area contributed by atoms with Gasteiger partial charge in [-0.05, 0) is 24.1 Å². The van der Waals surface area contributed by atoms with Gasteiger partial charge in [0.05, 0.1) is 4.90 Å². The molecular weight excluding hydrogens is 311 g/mol. The van der Waals surface area contributed by atoms with Gasteiger partial charge in [-0.1, -0.05) is 37.0 Å². The molecule has 8 heteroatoms. The maximum atomic E-state index is 11.9. The molecule has 2 N–H and O–H groups in total. The highest BCUT2D eigenvalue weighted by Gasteiger charge is 2.16. The van der Waals surface area contributed by atoms with E-state index in [1.54, 1.807) is 0 Å². The van der Waals surface area contributed by atoms with Crippen LogP contribution >= 0.6 is 23.2 Å². The molecule has 0 saturated heterocycles. The van der Waals surface area contributed by atoms with Crippen LogP contribution in [-0.4, -0.2) is 14.3 Å². The Morgan fingerprint density at radius 3 is 2.21 bits per heavy atom. The average Bonchev–Trinajstić information content (AvgIpc) is 2.24. The van der Waals surface area contributed by atoms with Gasteiger partial charge in [-0.3, -0.25) is 10.2 Å². The second-order valence-electron chi connectivity index (χ2n) is 4.36. The van der Waals surface area contributed by atoms with Crippen molar-refractivity contribution < 1.29 is 13.2 Å². The van der Waals surface area contributed by atoms with Crippen LogP contribution in [0.4, 0.5) is 0 Å². The van der Waals surface area contributed by atoms with Crippen LogP contribution in [0, 0.1) is 5.92 Å². The average molecular weight is 325 g/mol. The van der Waals surface area contributed by atoms with Crippen molar-refractivity contribution in [1.29, 1.82) is 0 Å². The molecule has 0 unspecified atom stereocenters. The predicted octanol–water partition coefficient (Wildman–Crippen LogP) is 2.35. The summed E-state index contributed by atoms with van der Waals surface area (Å²) >= 11 is 11.4. The Morgan fingerprint density at radius 2 is 1.74 bits per heavy atom. The summed E-state index contributed by atoms with van der Waals surface area (Å²) in [5.41, 5.74) is 2.13. The lowest BCUT2D eigenvalue weighted by molar-refractivity contribution is -0.122. The van der Waals surface area contributed by atoms with Crippen LogP contribution in [0.2, 0.25) is 10.0 Å². The van der Waals surface area contributed by atoms with Gasteiger partial charge in [0, 0.05) is 16.5 Å². The quantitative estimate of drug-likeness (QED) is 0.816. The van der Waals surface area contributed by atoms with Crippen molar-refractivity contribution in [3.05, 3.63) is 28.2 Å². The van der Waals surface area contributed by atoms with Crippen LogP contribution in [0.1, 0.15) is 20.3 Å². The van der Waals surface area contributed by atoms with Crippen LogP contribution in [0.15, 0.2) is 23.1 Å². The van der Waals surface area contributed by atoms with Crippen molar-refractivity contribution in [2.24, 2.45) is 5.92 Å². The van der Waals surface area contributed by atoms with Gasteiger partial charge in [-0.15, -0.1) is 4.83 Å². The topological polar surface area (TPSA) is 75.3 Å². The van der Waals surface area contributed by atoms with Crippen molar-refractivity contribution >= 4 is 39.1 Å². The molecule has 5 nitrogen and oxygen atoms in total. The van der Waals surface area contributed by atoms with Crippen molar-refractivity contribution in [2.75, 3.05) is 0 Å². The van der Waals surface area contributed by atoms with E-state index in [4.69, 9.17) is 23.2 Å². The van der Waals surface area contributed by atoms with Gasteiger partial charge in [0.15, 0.2) is 0 Å².